The Morgan fingerprint density at radius 3 is 2.55 bits per heavy atom. The number of hydrogen-bond donors (Lipinski definition) is 1. The van der Waals surface area contributed by atoms with Crippen molar-refractivity contribution in [2.75, 3.05) is 11.7 Å². The molecule has 8 nitrogen and oxygen atoms in total. The predicted molar refractivity (Wildman–Crippen MR) is 130 cm³/mol. The Balaban J connectivity index is 1.54. The van der Waals surface area contributed by atoms with Gasteiger partial charge in [0.05, 0.1) is 5.69 Å². The van der Waals surface area contributed by atoms with E-state index in [4.69, 9.17) is 9.47 Å². The molecule has 0 radical (unpaired) electrons. The molecule has 3 heterocycles. The molecule has 166 valence electrons. The summed E-state index contributed by atoms with van der Waals surface area (Å²) in [5, 5.41) is 2.26. The lowest BCUT2D eigenvalue weighted by molar-refractivity contribution is -0.122. The van der Waals surface area contributed by atoms with Crippen LogP contribution in [-0.2, 0) is 9.59 Å². The van der Waals surface area contributed by atoms with Gasteiger partial charge in [-0.2, -0.15) is 0 Å². The molecule has 5 rings (SSSR count). The number of carbonyl (C=O) groups excluding carboxylic acids is 3. The van der Waals surface area contributed by atoms with E-state index in [1.807, 2.05) is 38.1 Å². The summed E-state index contributed by atoms with van der Waals surface area (Å²) in [5.74, 6) is -0.488. The van der Waals surface area contributed by atoms with Gasteiger partial charge in [-0.05, 0) is 84.5 Å². The van der Waals surface area contributed by atoms with Crippen LogP contribution in [-0.4, -0.2) is 29.2 Å². The van der Waals surface area contributed by atoms with Crippen LogP contribution in [0, 0.1) is 17.4 Å². The van der Waals surface area contributed by atoms with Crippen LogP contribution in [0.4, 0.5) is 10.5 Å². The lowest BCUT2D eigenvalue weighted by Crippen LogP contribution is -2.54. The van der Waals surface area contributed by atoms with Crippen molar-refractivity contribution in [1.82, 2.24) is 9.88 Å². The summed E-state index contributed by atoms with van der Waals surface area (Å²) in [6.07, 6.45) is 1.52. The van der Waals surface area contributed by atoms with Crippen molar-refractivity contribution in [3.8, 4) is 17.2 Å². The molecule has 2 aromatic carbocycles. The van der Waals surface area contributed by atoms with Crippen LogP contribution in [0.5, 0.6) is 11.5 Å². The van der Waals surface area contributed by atoms with E-state index >= 15 is 0 Å². The lowest BCUT2D eigenvalue weighted by atomic mass is 10.1. The number of barbiturate groups is 1. The molecule has 1 aromatic heterocycles. The number of fused-ring (bicyclic) bond motifs is 1. The van der Waals surface area contributed by atoms with Crippen LogP contribution in [0.1, 0.15) is 17.0 Å². The van der Waals surface area contributed by atoms with Gasteiger partial charge in [-0.3, -0.25) is 14.9 Å². The second kappa shape index (κ2) is 8.07. The summed E-state index contributed by atoms with van der Waals surface area (Å²) in [5.41, 5.74) is 3.67. The first kappa shape index (κ1) is 21.3. The molecule has 2 aliphatic heterocycles. The third-order valence-corrected chi connectivity index (χ3v) is 6.22. The Bertz CT molecular complexity index is 1370. The number of imide groups is 2. The molecular weight excluding hydrogens is 537 g/mol. The number of rotatable bonds is 3. The maximum atomic E-state index is 13.3. The van der Waals surface area contributed by atoms with Crippen molar-refractivity contribution in [1.29, 1.82) is 0 Å². The normalized spacial score (nSPS) is 16.5. The van der Waals surface area contributed by atoms with Crippen LogP contribution in [0.15, 0.2) is 54.1 Å². The molecule has 0 unspecified atom stereocenters. The van der Waals surface area contributed by atoms with Crippen LogP contribution >= 0.6 is 22.6 Å². The highest BCUT2D eigenvalue weighted by molar-refractivity contribution is 14.1. The van der Waals surface area contributed by atoms with Crippen molar-refractivity contribution < 1.29 is 23.9 Å². The first-order valence-corrected chi connectivity index (χ1v) is 11.2. The highest BCUT2D eigenvalue weighted by Gasteiger charge is 2.37. The second-order valence-corrected chi connectivity index (χ2v) is 8.88. The molecule has 0 saturated carbocycles. The van der Waals surface area contributed by atoms with Gasteiger partial charge in [-0.15, -0.1) is 0 Å². The van der Waals surface area contributed by atoms with Gasteiger partial charge in [0.25, 0.3) is 11.8 Å². The number of amides is 4. The van der Waals surface area contributed by atoms with Gasteiger partial charge >= 0.3 is 6.03 Å². The summed E-state index contributed by atoms with van der Waals surface area (Å²) < 4.78 is 13.8. The molecule has 4 amide bonds. The first-order chi connectivity index (χ1) is 15.8. The van der Waals surface area contributed by atoms with Crippen LogP contribution in [0.2, 0.25) is 0 Å². The number of hydrogen-bond acceptors (Lipinski definition) is 5. The van der Waals surface area contributed by atoms with Crippen molar-refractivity contribution >= 4 is 52.2 Å². The summed E-state index contributed by atoms with van der Waals surface area (Å²) in [6, 6.07) is 13.8. The number of benzene rings is 2. The minimum Gasteiger partial charge on any atom is -0.454 e. The highest BCUT2D eigenvalue weighted by atomic mass is 127. The molecule has 3 aromatic rings. The smallest absolute Gasteiger partial charge is 0.335 e. The number of ether oxygens (including phenoxy) is 2. The largest absolute Gasteiger partial charge is 0.454 e. The monoisotopic (exact) mass is 555 g/mol. The van der Waals surface area contributed by atoms with Gasteiger partial charge in [-0.25, -0.2) is 9.69 Å². The van der Waals surface area contributed by atoms with E-state index in [1.54, 1.807) is 12.1 Å². The number of nitrogens with zero attached hydrogens (tertiary/aromatic N) is 2. The highest BCUT2D eigenvalue weighted by Crippen LogP contribution is 2.36. The zero-order valence-corrected chi connectivity index (χ0v) is 19.9. The summed E-state index contributed by atoms with van der Waals surface area (Å²) >= 11 is 2.26. The van der Waals surface area contributed by atoms with Crippen LogP contribution < -0.4 is 19.7 Å². The molecule has 1 fully saturated rings. The zero-order valence-electron chi connectivity index (χ0n) is 17.7. The summed E-state index contributed by atoms with van der Waals surface area (Å²) in [6.45, 7) is 3.95. The SMILES string of the molecule is Cc1cc(/C=C2\C(=O)NC(=O)N(c3ccc4c(c3)OCO4)C2=O)c(C)n1-c1cccc(I)c1. The van der Waals surface area contributed by atoms with Crippen molar-refractivity contribution in [2.24, 2.45) is 0 Å². The fraction of sp³-hybridized carbons (Fsp3) is 0.125. The van der Waals surface area contributed by atoms with Gasteiger partial charge in [0.15, 0.2) is 11.5 Å². The van der Waals surface area contributed by atoms with E-state index in [2.05, 4.69) is 38.5 Å². The van der Waals surface area contributed by atoms with Gasteiger partial charge in [0.1, 0.15) is 5.57 Å². The maximum Gasteiger partial charge on any atom is 0.335 e. The molecule has 1 N–H and O–H groups in total. The van der Waals surface area contributed by atoms with Crippen molar-refractivity contribution in [2.45, 2.75) is 13.8 Å². The zero-order chi connectivity index (χ0) is 23.3. The number of aryl methyl sites for hydroxylation is 1. The lowest BCUT2D eigenvalue weighted by Gasteiger charge is -2.26. The minimum absolute atomic E-state index is 0.0681. The molecule has 1 saturated heterocycles. The Hall–Kier alpha value is -3.60. The molecule has 33 heavy (non-hydrogen) atoms. The average Bonchev–Trinajstić information content (AvgIpc) is 3.34. The third-order valence-electron chi connectivity index (χ3n) is 5.55. The van der Waals surface area contributed by atoms with E-state index in [-0.39, 0.29) is 18.1 Å². The Morgan fingerprint density at radius 1 is 0.970 bits per heavy atom. The number of halogens is 1. The number of carbonyl (C=O) groups is 3. The van der Waals surface area contributed by atoms with Gasteiger partial charge in [0, 0.05) is 26.7 Å². The van der Waals surface area contributed by atoms with E-state index in [1.165, 1.54) is 12.1 Å². The molecule has 0 spiro atoms. The van der Waals surface area contributed by atoms with Crippen LogP contribution in [0.3, 0.4) is 0 Å². The van der Waals surface area contributed by atoms with Gasteiger partial charge in [-0.1, -0.05) is 6.07 Å². The fourth-order valence-corrected chi connectivity index (χ4v) is 4.54. The first-order valence-electron chi connectivity index (χ1n) is 10.1. The number of urea groups is 1. The quantitative estimate of drug-likeness (QED) is 0.299. The standard InChI is InChI=1S/C24H18IN3O5/c1-13-8-15(14(2)27(13)17-5-3-4-16(25)10-17)9-19-22(29)26-24(31)28(23(19)30)18-6-7-20-21(11-18)33-12-32-20/h3-11H,12H2,1-2H3,(H,26,29,31)/b19-9+. The minimum atomic E-state index is -0.814. The van der Waals surface area contributed by atoms with Gasteiger partial charge < -0.3 is 14.0 Å². The Morgan fingerprint density at radius 2 is 1.76 bits per heavy atom. The molecular formula is C24H18IN3O5. The van der Waals surface area contributed by atoms with E-state index in [0.29, 0.717) is 17.1 Å². The molecule has 0 aliphatic carbocycles. The van der Waals surface area contributed by atoms with Gasteiger partial charge in [0.2, 0.25) is 6.79 Å². The van der Waals surface area contributed by atoms with E-state index in [9.17, 15) is 14.4 Å². The van der Waals surface area contributed by atoms with E-state index in [0.717, 1.165) is 25.5 Å². The molecule has 2 aliphatic rings. The average molecular weight is 555 g/mol. The summed E-state index contributed by atoms with van der Waals surface area (Å²) in [7, 11) is 0. The summed E-state index contributed by atoms with van der Waals surface area (Å²) in [4.78, 5) is 39.3. The third kappa shape index (κ3) is 3.67. The molecule has 9 heteroatoms. The van der Waals surface area contributed by atoms with Crippen molar-refractivity contribution in [3.05, 3.63) is 74.6 Å². The second-order valence-electron chi connectivity index (χ2n) is 7.64. The number of nitrogens with one attached hydrogen (secondary N) is 1. The maximum absolute atomic E-state index is 13.3. The van der Waals surface area contributed by atoms with E-state index < -0.39 is 17.8 Å². The molecule has 0 bridgehead atoms. The number of anilines is 1. The topological polar surface area (TPSA) is 89.9 Å². The van der Waals surface area contributed by atoms with Crippen molar-refractivity contribution in [3.63, 3.8) is 0 Å². The predicted octanol–water partition coefficient (Wildman–Crippen LogP) is 4.09. The van der Waals surface area contributed by atoms with Crippen LogP contribution in [0.25, 0.3) is 11.8 Å². The Kier molecular flexibility index (Phi) is 5.20. The fourth-order valence-electron chi connectivity index (χ4n) is 4.02. The number of aromatic nitrogens is 1. The Labute approximate surface area is 202 Å². The molecule has 0 atom stereocenters.